The van der Waals surface area contributed by atoms with Crippen LogP contribution in [0.1, 0.15) is 385 Å². The lowest BCUT2D eigenvalue weighted by molar-refractivity contribution is -0.141. The number of allylic oxidation sites excluding steroid dienone is 1. The van der Waals surface area contributed by atoms with Gasteiger partial charge in [-0.1, -0.05) is 272 Å². The van der Waals surface area contributed by atoms with E-state index in [2.05, 4.69) is 301 Å². The molecule has 11 N–H and O–H groups in total. The van der Waals surface area contributed by atoms with Gasteiger partial charge in [-0.15, -0.1) is 0 Å². The van der Waals surface area contributed by atoms with Crippen molar-refractivity contribution in [1.82, 2.24) is 40.4 Å². The highest BCUT2D eigenvalue weighted by Crippen LogP contribution is 2.09. The van der Waals surface area contributed by atoms with Crippen LogP contribution in [0.4, 0.5) is 0 Å². The SMILES string of the molecule is C=CC(=O)CCCC(=O)CC(C)C.CC(C)CCCN1CCNCC1.CC(C)CCCNCCO.CC(C)CCN.CC(C)CNC(C)C.CC(C)N(CCN)CCO.CC(C)N1CCN(CCN)CC1.CCC.CCC.CCC.CCC.CCC.CCC.CCC.CCC.CCC.COC(=O)CCN(C(C)C)C(C)C. The number of carbonyl (C=O) groups excluding carboxylic acids is 3. The number of carbonyl (C=O) groups is 3. The molecule has 0 spiro atoms. The zero-order valence-corrected chi connectivity index (χ0v) is 83.8. The van der Waals surface area contributed by atoms with E-state index in [4.69, 9.17) is 27.4 Å². The number of ketones is 2. The molecule has 0 aromatic rings. The molecule has 0 atom stereocenters. The van der Waals surface area contributed by atoms with Gasteiger partial charge in [-0.2, -0.15) is 0 Å². The molecular formula is C94H221N11O6. The van der Waals surface area contributed by atoms with Crippen molar-refractivity contribution in [1.29, 1.82) is 0 Å². The summed E-state index contributed by atoms with van der Waals surface area (Å²) in [4.78, 5) is 44.8. The Labute approximate surface area is 703 Å². The zero-order valence-electron chi connectivity index (χ0n) is 83.8. The van der Waals surface area contributed by atoms with Crippen LogP contribution >= 0.6 is 0 Å². The van der Waals surface area contributed by atoms with E-state index in [1.165, 1.54) is 156 Å². The fourth-order valence-electron chi connectivity index (χ4n) is 8.46. The molecule has 17 heteroatoms. The molecule has 2 fully saturated rings. The molecule has 0 aromatic carbocycles. The molecule has 111 heavy (non-hydrogen) atoms. The summed E-state index contributed by atoms with van der Waals surface area (Å²) in [6.45, 7) is 105. The van der Waals surface area contributed by atoms with E-state index >= 15 is 0 Å². The summed E-state index contributed by atoms with van der Waals surface area (Å²) in [7, 11) is 1.43. The summed E-state index contributed by atoms with van der Waals surface area (Å²) in [6, 6.07) is 2.77. The molecule has 2 heterocycles. The van der Waals surface area contributed by atoms with Crippen LogP contribution < -0.4 is 33.2 Å². The second-order valence-electron chi connectivity index (χ2n) is 32.2. The molecule has 2 saturated heterocycles. The maximum Gasteiger partial charge on any atom is 0.306 e. The Kier molecular flexibility index (Phi) is 170. The van der Waals surface area contributed by atoms with Crippen molar-refractivity contribution in [3.8, 4) is 0 Å². The van der Waals surface area contributed by atoms with Crippen molar-refractivity contribution >= 4 is 17.5 Å². The first-order chi connectivity index (χ1) is 52.2. The smallest absolute Gasteiger partial charge is 0.306 e. The van der Waals surface area contributed by atoms with Crippen LogP contribution in [0.5, 0.6) is 0 Å². The Morgan fingerprint density at radius 3 is 1.14 bits per heavy atom. The number of piperazine rings is 2. The highest BCUT2D eigenvalue weighted by molar-refractivity contribution is 5.89. The number of hydrogen-bond donors (Lipinski definition) is 8. The van der Waals surface area contributed by atoms with Gasteiger partial charge < -0.3 is 53.0 Å². The predicted octanol–water partition coefficient (Wildman–Crippen LogP) is 21.5. The molecule has 2 rings (SSSR count). The van der Waals surface area contributed by atoms with E-state index in [-0.39, 0.29) is 30.7 Å². The molecule has 0 radical (unpaired) electrons. The summed E-state index contributed by atoms with van der Waals surface area (Å²) in [5.41, 5.74) is 16.1. The summed E-state index contributed by atoms with van der Waals surface area (Å²) in [5.74, 6) is 3.79. The van der Waals surface area contributed by atoms with E-state index in [0.29, 0.717) is 74.8 Å². The minimum absolute atomic E-state index is 0.0253. The second kappa shape index (κ2) is 131. The van der Waals surface area contributed by atoms with Gasteiger partial charge in [0.1, 0.15) is 5.78 Å². The third-order valence-electron chi connectivity index (χ3n) is 13.6. The normalized spacial score (nSPS) is 11.9. The average Bonchev–Trinajstić information content (AvgIpc) is 0.912. The Balaban J connectivity index is -0.0000000700. The van der Waals surface area contributed by atoms with E-state index in [9.17, 15) is 14.4 Å². The molecule has 0 bridgehead atoms. The number of nitrogens with two attached hydrogens (primary N) is 3. The van der Waals surface area contributed by atoms with Gasteiger partial charge in [0, 0.05) is 148 Å². The van der Waals surface area contributed by atoms with Gasteiger partial charge in [0.25, 0.3) is 0 Å². The van der Waals surface area contributed by atoms with Crippen LogP contribution in [0.3, 0.4) is 0 Å². The Hall–Kier alpha value is -1.97. The van der Waals surface area contributed by atoms with Crippen LogP contribution in [-0.2, 0) is 19.1 Å². The number of hydrogen-bond acceptors (Lipinski definition) is 17. The third-order valence-corrected chi connectivity index (χ3v) is 13.6. The number of Topliss-reactive ketones (excluding diaryl/α,β-unsaturated/α-hetero) is 1. The summed E-state index contributed by atoms with van der Waals surface area (Å²) in [6.07, 6.45) is 21.7. The fraction of sp³-hybridized carbons (Fsp3) is 0.947. The molecule has 0 saturated carbocycles. The second-order valence-corrected chi connectivity index (χ2v) is 32.2. The average molecular weight is 1600 g/mol. The van der Waals surface area contributed by atoms with Gasteiger partial charge in [-0.25, -0.2) is 0 Å². The molecule has 0 aromatic heterocycles. The van der Waals surface area contributed by atoms with Crippen molar-refractivity contribution in [2.24, 2.45) is 46.8 Å². The maximum absolute atomic E-state index is 11.2. The number of rotatable bonds is 35. The largest absolute Gasteiger partial charge is 0.469 e. The topological polar surface area (TPSA) is 231 Å². The van der Waals surface area contributed by atoms with E-state index in [1.807, 2.05) is 13.8 Å². The van der Waals surface area contributed by atoms with Gasteiger partial charge in [-0.3, -0.25) is 34.0 Å². The van der Waals surface area contributed by atoms with Crippen molar-refractivity contribution in [3.63, 3.8) is 0 Å². The number of nitrogens with zero attached hydrogens (tertiary/aromatic N) is 5. The van der Waals surface area contributed by atoms with Crippen LogP contribution in [0, 0.1) is 29.6 Å². The molecule has 2 aliphatic rings. The predicted molar refractivity (Wildman–Crippen MR) is 510 cm³/mol. The Morgan fingerprint density at radius 1 is 0.459 bits per heavy atom. The number of aliphatic hydroxyl groups is 2. The standard InChI is InChI=1S/C11H18O2.C10H22N2.C10H21NO2.C9H21N3.C8H19NO.C7H18N2O.C7H17N.C5H13N.9C3H8/c1-4-10(12)6-5-7-11(13)8-9(2)3;1-10(2)4-3-7-12-8-5-11-6-9-12;1-8(2)11(9(3)4)7-6-10(12)13-5;1-9(2)12-7-5-11(4-3-10)6-8-12;1-8(2)4-3-5-9-6-7-10;1-7(2)9(4-3-8)5-6-10;1-6(2)5-8-7(3)4;1-5(2)3-4-6;9*1-3-2/h4,9H,1,5-8H2,2-3H3;10-11H,3-9H2,1-2H3;8-9H,6-7H2,1-5H3;9H,3-8,10H2,1-2H3;8-10H,3-7H2,1-2H3;7,10H,3-6,8H2,1-2H3;6-8H,5H2,1-4H3;5H,3-4,6H2,1-2H3;9*3H2,1-2H3. The van der Waals surface area contributed by atoms with Crippen LogP contribution in [0.2, 0.25) is 0 Å². The molecule has 2 aliphatic heterocycles. The quantitative estimate of drug-likeness (QED) is 0.0167. The van der Waals surface area contributed by atoms with Crippen molar-refractivity contribution in [3.05, 3.63) is 12.7 Å². The summed E-state index contributed by atoms with van der Waals surface area (Å²) in [5, 5.41) is 26.9. The van der Waals surface area contributed by atoms with Crippen LogP contribution in [0.25, 0.3) is 0 Å². The van der Waals surface area contributed by atoms with Crippen molar-refractivity contribution < 1.29 is 29.3 Å². The van der Waals surface area contributed by atoms with Gasteiger partial charge in [0.05, 0.1) is 26.7 Å². The summed E-state index contributed by atoms with van der Waals surface area (Å²) >= 11 is 0. The molecule has 0 aliphatic carbocycles. The van der Waals surface area contributed by atoms with E-state index in [1.54, 1.807) is 0 Å². The highest BCUT2D eigenvalue weighted by Gasteiger charge is 2.18. The van der Waals surface area contributed by atoms with Gasteiger partial charge in [0.2, 0.25) is 0 Å². The van der Waals surface area contributed by atoms with Crippen molar-refractivity contribution in [2.45, 2.75) is 415 Å². The molecule has 688 valence electrons. The molecule has 0 amide bonds. The maximum atomic E-state index is 11.2. The number of ether oxygens (including phenoxy) is 1. The van der Waals surface area contributed by atoms with Gasteiger partial charge in [-0.05, 0) is 156 Å². The number of esters is 1. The monoisotopic (exact) mass is 1600 g/mol. The zero-order chi connectivity index (χ0) is 90.2. The Morgan fingerprint density at radius 2 is 0.865 bits per heavy atom. The van der Waals surface area contributed by atoms with Crippen molar-refractivity contribution in [2.75, 3.05) is 145 Å². The lowest BCUT2D eigenvalue weighted by Gasteiger charge is -2.36. The van der Waals surface area contributed by atoms with Crippen LogP contribution in [-0.4, -0.2) is 227 Å². The lowest BCUT2D eigenvalue weighted by Crippen LogP contribution is -2.49. The first-order valence-corrected chi connectivity index (χ1v) is 46.1. The fourth-order valence-corrected chi connectivity index (χ4v) is 8.46. The minimum atomic E-state index is -0.133. The summed E-state index contributed by atoms with van der Waals surface area (Å²) < 4.78 is 4.59. The minimum Gasteiger partial charge on any atom is -0.469 e. The first kappa shape index (κ1) is 144. The third kappa shape index (κ3) is 185. The van der Waals surface area contributed by atoms with Gasteiger partial charge >= 0.3 is 5.97 Å². The molecule has 17 nitrogen and oxygen atoms in total. The molecule has 0 unspecified atom stereocenters. The molecular weight excluding hydrogens is 1380 g/mol. The number of nitrogens with one attached hydrogen (secondary N) is 3. The lowest BCUT2D eigenvalue weighted by atomic mass is 10.0. The number of aliphatic hydroxyl groups excluding tert-OH is 2. The number of methoxy groups -OCH3 is 1. The van der Waals surface area contributed by atoms with E-state index < -0.39 is 0 Å². The Bertz CT molecular complexity index is 1470. The van der Waals surface area contributed by atoms with Crippen LogP contribution in [0.15, 0.2) is 12.7 Å². The highest BCUT2D eigenvalue weighted by atomic mass is 16.5. The first-order valence-electron chi connectivity index (χ1n) is 46.1. The van der Waals surface area contributed by atoms with Gasteiger partial charge in [0.15, 0.2) is 5.78 Å². The van der Waals surface area contributed by atoms with E-state index in [0.717, 1.165) is 89.0 Å².